The van der Waals surface area contributed by atoms with Crippen LogP contribution in [0.1, 0.15) is 35.1 Å². The Morgan fingerprint density at radius 3 is 2.35 bits per heavy atom. The number of carbonyl (C=O) groups excluding carboxylic acids is 3. The number of nitrogens with zero attached hydrogens (tertiary/aromatic N) is 3. The van der Waals surface area contributed by atoms with Crippen LogP contribution in [0.2, 0.25) is 0 Å². The van der Waals surface area contributed by atoms with Gasteiger partial charge >= 0.3 is 6.03 Å². The van der Waals surface area contributed by atoms with Crippen LogP contribution in [0.4, 0.5) is 21.9 Å². The van der Waals surface area contributed by atoms with E-state index in [1.54, 1.807) is 36.4 Å². The van der Waals surface area contributed by atoms with E-state index in [4.69, 9.17) is 0 Å². The first kappa shape index (κ1) is 27.9. The Morgan fingerprint density at radius 1 is 0.977 bits per heavy atom. The number of imide groups is 1. The van der Waals surface area contributed by atoms with E-state index >= 15 is 0 Å². The number of rotatable bonds is 8. The van der Waals surface area contributed by atoms with Gasteiger partial charge in [-0.2, -0.15) is 0 Å². The van der Waals surface area contributed by atoms with Gasteiger partial charge in [0, 0.05) is 42.7 Å². The van der Waals surface area contributed by atoms with E-state index in [1.807, 2.05) is 24.3 Å². The summed E-state index contributed by atoms with van der Waals surface area (Å²) in [6, 6.07) is 19.0. The van der Waals surface area contributed by atoms with Gasteiger partial charge in [0.2, 0.25) is 0 Å². The average molecular weight is 579 g/mol. The minimum absolute atomic E-state index is 0.110. The second kappa shape index (κ2) is 11.5. The van der Waals surface area contributed by atoms with Crippen molar-refractivity contribution >= 4 is 52.3 Å². The number of fused-ring (bicyclic) bond motifs is 1. The zero-order chi connectivity index (χ0) is 30.1. The molecule has 0 aromatic heterocycles. The monoisotopic (exact) mass is 578 g/mol. The molecule has 3 heterocycles. The largest absolute Gasteiger partial charge is 0.354 e. The number of nitrogens with one attached hydrogen (secondary N) is 3. The van der Waals surface area contributed by atoms with Crippen LogP contribution in [0.15, 0.2) is 72.4 Å². The van der Waals surface area contributed by atoms with Gasteiger partial charge in [0.1, 0.15) is 5.70 Å². The Bertz CT molecular complexity index is 1690. The van der Waals surface area contributed by atoms with Gasteiger partial charge < -0.3 is 20.9 Å². The number of likely N-dealkylation sites (N-methyl/N-ethyl adjacent to an activating group) is 1. The maximum atomic E-state index is 13.3. The summed E-state index contributed by atoms with van der Waals surface area (Å²) in [5.41, 5.74) is 5.12. The highest BCUT2D eigenvalue weighted by Gasteiger charge is 2.31. The molecule has 3 aliphatic rings. The first-order valence-electron chi connectivity index (χ1n) is 14.1. The van der Waals surface area contributed by atoms with Gasteiger partial charge in [-0.15, -0.1) is 0 Å². The molecule has 0 aliphatic carbocycles. The number of hydrogen-bond donors (Lipinski definition) is 3. The standard InChI is InChI=1S/C32H30N6O5/c1-36-31(40)27(35-32(36)41)18-21-6-10-23(11-7-21)33-29(22-8-4-20(5-9-22)14-17-37-15-2-3-16-37)28-25-19-24(38(42)43)12-13-26(25)34-30(28)39/h4-13,18-19,33H,2-3,14-17H2,1H3,(H,34,39)(H,35,41)/b27-18-,29-28-. The molecule has 0 atom stereocenters. The van der Waals surface area contributed by atoms with Gasteiger partial charge in [-0.3, -0.25) is 24.6 Å². The molecule has 43 heavy (non-hydrogen) atoms. The van der Waals surface area contributed by atoms with Crippen molar-refractivity contribution in [2.75, 3.05) is 37.3 Å². The van der Waals surface area contributed by atoms with Crippen molar-refractivity contribution in [1.82, 2.24) is 15.1 Å². The number of amides is 4. The second-order valence-corrected chi connectivity index (χ2v) is 10.8. The van der Waals surface area contributed by atoms with Gasteiger partial charge in [0.15, 0.2) is 0 Å². The van der Waals surface area contributed by atoms with Crippen LogP contribution in [0.3, 0.4) is 0 Å². The van der Waals surface area contributed by atoms with Crippen LogP contribution >= 0.6 is 0 Å². The van der Waals surface area contributed by atoms with Gasteiger partial charge in [-0.25, -0.2) is 4.79 Å². The highest BCUT2D eigenvalue weighted by Crippen LogP contribution is 2.39. The second-order valence-electron chi connectivity index (χ2n) is 10.8. The van der Waals surface area contributed by atoms with E-state index in [1.165, 1.54) is 37.6 Å². The zero-order valence-electron chi connectivity index (χ0n) is 23.6. The number of hydrogen-bond acceptors (Lipinski definition) is 7. The molecular weight excluding hydrogens is 548 g/mol. The van der Waals surface area contributed by atoms with Crippen LogP contribution in [-0.4, -0.2) is 59.3 Å². The molecule has 218 valence electrons. The maximum absolute atomic E-state index is 13.3. The fourth-order valence-corrected chi connectivity index (χ4v) is 5.52. The number of nitro groups is 1. The highest BCUT2D eigenvalue weighted by molar-refractivity contribution is 6.37. The summed E-state index contributed by atoms with van der Waals surface area (Å²) < 4.78 is 0. The summed E-state index contributed by atoms with van der Waals surface area (Å²) in [5, 5.41) is 20.3. The van der Waals surface area contributed by atoms with E-state index in [0.29, 0.717) is 33.8 Å². The topological polar surface area (TPSA) is 137 Å². The molecule has 0 spiro atoms. The van der Waals surface area contributed by atoms with E-state index in [2.05, 4.69) is 20.9 Å². The molecule has 3 aromatic rings. The Morgan fingerprint density at radius 2 is 1.70 bits per heavy atom. The fraction of sp³-hybridized carbons (Fsp3) is 0.219. The Balaban J connectivity index is 1.33. The quantitative estimate of drug-likeness (QED) is 0.153. The predicted octanol–water partition coefficient (Wildman–Crippen LogP) is 4.69. The number of urea groups is 1. The summed E-state index contributed by atoms with van der Waals surface area (Å²) >= 11 is 0. The first-order chi connectivity index (χ1) is 20.8. The number of nitro benzene ring substituents is 1. The molecule has 0 unspecified atom stereocenters. The van der Waals surface area contributed by atoms with Crippen LogP contribution in [0.25, 0.3) is 17.3 Å². The van der Waals surface area contributed by atoms with Gasteiger partial charge in [0.25, 0.3) is 17.5 Å². The minimum Gasteiger partial charge on any atom is -0.354 e. The van der Waals surface area contributed by atoms with Crippen LogP contribution in [0.5, 0.6) is 0 Å². The maximum Gasteiger partial charge on any atom is 0.328 e. The van der Waals surface area contributed by atoms with Gasteiger partial charge in [-0.1, -0.05) is 36.4 Å². The van der Waals surface area contributed by atoms with Crippen LogP contribution < -0.4 is 16.0 Å². The van der Waals surface area contributed by atoms with Crippen molar-refractivity contribution in [3.05, 3.63) is 105 Å². The summed E-state index contributed by atoms with van der Waals surface area (Å²) in [6.45, 7) is 3.27. The van der Waals surface area contributed by atoms with Crippen LogP contribution in [0, 0.1) is 10.1 Å². The molecule has 2 saturated heterocycles. The predicted molar refractivity (Wildman–Crippen MR) is 164 cm³/mol. The first-order valence-corrected chi connectivity index (χ1v) is 14.1. The minimum atomic E-state index is -0.483. The molecule has 2 fully saturated rings. The SMILES string of the molecule is CN1C(=O)N/C(=C\c2ccc(N/C(=C3\C(=O)Nc4ccc([N+](=O)[O-])cc43)c3ccc(CCN4CCCC4)cc3)cc2)C1=O. The number of anilines is 2. The van der Waals surface area contributed by atoms with E-state index in [-0.39, 0.29) is 17.3 Å². The van der Waals surface area contributed by atoms with Gasteiger partial charge in [0.05, 0.1) is 16.2 Å². The molecule has 0 bridgehead atoms. The Hall–Kier alpha value is -5.29. The lowest BCUT2D eigenvalue weighted by Crippen LogP contribution is -2.25. The fourth-order valence-electron chi connectivity index (χ4n) is 5.52. The molecule has 4 amide bonds. The Kier molecular flexibility index (Phi) is 7.47. The third-order valence-corrected chi connectivity index (χ3v) is 7.94. The normalized spacial score (nSPS) is 18.6. The lowest BCUT2D eigenvalue weighted by molar-refractivity contribution is -0.384. The van der Waals surface area contributed by atoms with Crippen molar-refractivity contribution in [1.29, 1.82) is 0 Å². The lowest BCUT2D eigenvalue weighted by Gasteiger charge is -2.17. The van der Waals surface area contributed by atoms with Crippen molar-refractivity contribution in [3.8, 4) is 0 Å². The molecule has 11 nitrogen and oxygen atoms in total. The zero-order valence-corrected chi connectivity index (χ0v) is 23.6. The van der Waals surface area contributed by atoms with Crippen molar-refractivity contribution < 1.29 is 19.3 Å². The van der Waals surface area contributed by atoms with Gasteiger partial charge in [-0.05, 0) is 73.3 Å². The third-order valence-electron chi connectivity index (χ3n) is 7.94. The molecule has 3 aromatic carbocycles. The average Bonchev–Trinajstić information content (AvgIpc) is 3.71. The third kappa shape index (κ3) is 5.75. The van der Waals surface area contributed by atoms with E-state index < -0.39 is 16.9 Å². The van der Waals surface area contributed by atoms with E-state index in [0.717, 1.165) is 36.5 Å². The highest BCUT2D eigenvalue weighted by atomic mass is 16.6. The molecule has 0 radical (unpaired) electrons. The number of carbonyl (C=O) groups is 3. The number of non-ortho nitro benzene ring substituents is 1. The number of likely N-dealkylation sites (tertiary alicyclic amines) is 1. The molecule has 11 heteroatoms. The van der Waals surface area contributed by atoms with Crippen molar-refractivity contribution in [3.63, 3.8) is 0 Å². The lowest BCUT2D eigenvalue weighted by atomic mass is 9.98. The molecule has 6 rings (SSSR count). The summed E-state index contributed by atoms with van der Waals surface area (Å²) in [6.07, 6.45) is 5.00. The van der Waals surface area contributed by atoms with Crippen molar-refractivity contribution in [2.45, 2.75) is 19.3 Å². The molecular formula is C32H30N6O5. The molecule has 3 N–H and O–H groups in total. The summed E-state index contributed by atoms with van der Waals surface area (Å²) in [4.78, 5) is 51.8. The smallest absolute Gasteiger partial charge is 0.328 e. The van der Waals surface area contributed by atoms with Crippen molar-refractivity contribution in [2.24, 2.45) is 0 Å². The summed E-state index contributed by atoms with van der Waals surface area (Å²) in [7, 11) is 1.41. The van der Waals surface area contributed by atoms with Crippen LogP contribution in [-0.2, 0) is 16.0 Å². The Labute approximate surface area is 248 Å². The summed E-state index contributed by atoms with van der Waals surface area (Å²) in [5.74, 6) is -0.778. The molecule has 3 aliphatic heterocycles. The number of benzene rings is 3. The van der Waals surface area contributed by atoms with E-state index in [9.17, 15) is 24.5 Å². The molecule has 0 saturated carbocycles.